The lowest BCUT2D eigenvalue weighted by Gasteiger charge is -2.33. The molecule has 0 aliphatic carbocycles. The number of nitrogens with zero attached hydrogens (tertiary/aromatic N) is 3. The summed E-state index contributed by atoms with van der Waals surface area (Å²) in [5, 5.41) is 15.2. The predicted octanol–water partition coefficient (Wildman–Crippen LogP) is 4.82. The minimum absolute atomic E-state index is 0.0738. The second-order valence-corrected chi connectivity index (χ2v) is 11.4. The highest BCUT2D eigenvalue weighted by Crippen LogP contribution is 2.27. The molecule has 1 unspecified atom stereocenters. The molecule has 2 aromatic carbocycles. The van der Waals surface area contributed by atoms with E-state index in [4.69, 9.17) is 10.1 Å². The molecular weight excluding hydrogens is 556 g/mol. The molecule has 0 radical (unpaired) electrons. The Labute approximate surface area is 248 Å². The van der Waals surface area contributed by atoms with Crippen LogP contribution in [0.4, 0.5) is 14.5 Å². The number of rotatable bonds is 10. The minimum Gasteiger partial charge on any atom is -0.435 e. The number of carbonyl (C=O) groups excluding carboxylic acids is 1. The van der Waals surface area contributed by atoms with Crippen molar-refractivity contribution in [3.8, 4) is 5.75 Å². The Morgan fingerprint density at radius 2 is 2.00 bits per heavy atom. The van der Waals surface area contributed by atoms with Gasteiger partial charge in [0, 0.05) is 49.2 Å². The maximum Gasteiger partial charge on any atom is 0.387 e. The zero-order valence-electron chi connectivity index (χ0n) is 24.3. The number of aromatic amines is 1. The second-order valence-electron chi connectivity index (χ2n) is 11.4. The quantitative estimate of drug-likeness (QED) is 0.195. The molecule has 10 nitrogen and oxygen atoms in total. The molecule has 0 bridgehead atoms. The van der Waals surface area contributed by atoms with Gasteiger partial charge >= 0.3 is 6.61 Å². The van der Waals surface area contributed by atoms with Gasteiger partial charge in [0.05, 0.1) is 30.2 Å². The summed E-state index contributed by atoms with van der Waals surface area (Å²) in [5.41, 5.74) is 2.64. The van der Waals surface area contributed by atoms with Gasteiger partial charge in [0.15, 0.2) is 5.65 Å². The number of carbonyl (C=O) groups is 1. The molecule has 226 valence electrons. The Hall–Kier alpha value is -4.42. The number of morpholine rings is 1. The molecule has 1 aliphatic heterocycles. The summed E-state index contributed by atoms with van der Waals surface area (Å²) >= 11 is 0. The van der Waals surface area contributed by atoms with Crippen LogP contribution in [0.1, 0.15) is 48.0 Å². The molecular formula is C31H35F2N7O3. The Morgan fingerprint density at radius 3 is 2.74 bits per heavy atom. The predicted molar refractivity (Wildman–Crippen MR) is 160 cm³/mol. The molecule has 1 atom stereocenters. The Morgan fingerprint density at radius 1 is 1.21 bits per heavy atom. The average Bonchev–Trinajstić information content (AvgIpc) is 3.39. The molecule has 0 saturated carbocycles. The number of hydrogen-bond donors (Lipinski definition) is 4. The summed E-state index contributed by atoms with van der Waals surface area (Å²) in [5.74, 6) is -0.426. The molecule has 1 fully saturated rings. The van der Waals surface area contributed by atoms with Crippen molar-refractivity contribution in [2.24, 2.45) is 0 Å². The van der Waals surface area contributed by atoms with Crippen molar-refractivity contribution in [1.29, 1.82) is 5.41 Å². The van der Waals surface area contributed by atoms with E-state index < -0.39 is 12.2 Å². The van der Waals surface area contributed by atoms with Crippen LogP contribution in [0.5, 0.6) is 5.75 Å². The number of benzene rings is 2. The van der Waals surface area contributed by atoms with Crippen molar-refractivity contribution in [2.45, 2.75) is 45.6 Å². The van der Waals surface area contributed by atoms with E-state index in [0.29, 0.717) is 42.1 Å². The monoisotopic (exact) mass is 591 g/mol. The Bertz CT molecular complexity index is 1590. The van der Waals surface area contributed by atoms with Gasteiger partial charge in [-0.1, -0.05) is 30.3 Å². The topological polar surface area (TPSA) is 128 Å². The first-order valence-corrected chi connectivity index (χ1v) is 14.0. The highest BCUT2D eigenvalue weighted by atomic mass is 19.3. The van der Waals surface area contributed by atoms with Gasteiger partial charge in [-0.05, 0) is 44.5 Å². The van der Waals surface area contributed by atoms with E-state index in [1.54, 1.807) is 6.07 Å². The number of hydrogen-bond acceptors (Lipinski definition) is 8. The fourth-order valence-electron chi connectivity index (χ4n) is 4.90. The number of ether oxygens (including phenoxy) is 2. The van der Waals surface area contributed by atoms with Gasteiger partial charge in [0.2, 0.25) is 0 Å². The third-order valence-corrected chi connectivity index (χ3v) is 6.85. The van der Waals surface area contributed by atoms with E-state index in [-0.39, 0.29) is 34.7 Å². The first-order valence-electron chi connectivity index (χ1n) is 14.0. The first-order chi connectivity index (χ1) is 20.6. The SMILES string of the molecule is CC(C)(C)NC(=O)c1c[nH]c2ncc(C(=N)c3cc(OC(F)F)ccc3NCC3CN(Cc4ccccc4)CCO3)nc12. The van der Waals surface area contributed by atoms with Crippen LogP contribution in [0.25, 0.3) is 11.2 Å². The zero-order valence-corrected chi connectivity index (χ0v) is 24.3. The number of anilines is 1. The summed E-state index contributed by atoms with van der Waals surface area (Å²) in [4.78, 5) is 27.1. The number of aromatic nitrogens is 3. The van der Waals surface area contributed by atoms with Crippen LogP contribution >= 0.6 is 0 Å². The molecule has 4 aromatic rings. The smallest absolute Gasteiger partial charge is 0.387 e. The third kappa shape index (κ3) is 7.70. The average molecular weight is 592 g/mol. The van der Waals surface area contributed by atoms with Crippen molar-refractivity contribution in [2.75, 3.05) is 31.6 Å². The normalized spacial score (nSPS) is 15.9. The minimum atomic E-state index is -3.02. The van der Waals surface area contributed by atoms with E-state index >= 15 is 0 Å². The van der Waals surface area contributed by atoms with Crippen molar-refractivity contribution in [1.82, 2.24) is 25.2 Å². The summed E-state index contributed by atoms with van der Waals surface area (Å²) in [6.45, 7) is 5.94. The molecule has 0 spiro atoms. The standard InChI is InChI=1S/C31H35F2N7O3/c1-31(2,3)39-29(41)23-15-36-28-27(23)38-25(16-37-28)26(34)22-13-20(43-30(32)33)9-10-24(22)35-14-21-18-40(11-12-42-21)17-19-7-5-4-6-8-19/h4-10,13,15-16,21,30,34-35H,11-12,14,17-18H2,1-3H3,(H,36,37)(H,39,41). The molecule has 43 heavy (non-hydrogen) atoms. The largest absolute Gasteiger partial charge is 0.435 e. The number of amides is 1. The molecule has 4 N–H and O–H groups in total. The number of fused-ring (bicyclic) bond motifs is 1. The summed E-state index contributed by atoms with van der Waals surface area (Å²) < 4.78 is 36.7. The summed E-state index contributed by atoms with van der Waals surface area (Å²) in [7, 11) is 0. The highest BCUT2D eigenvalue weighted by molar-refractivity contribution is 6.14. The van der Waals surface area contributed by atoms with Gasteiger partial charge in [-0.3, -0.25) is 15.1 Å². The van der Waals surface area contributed by atoms with Crippen molar-refractivity contribution in [3.05, 3.63) is 83.3 Å². The number of alkyl halides is 2. The van der Waals surface area contributed by atoms with Crippen molar-refractivity contribution >= 4 is 28.5 Å². The van der Waals surface area contributed by atoms with Crippen LogP contribution in [0, 0.1) is 5.41 Å². The van der Waals surface area contributed by atoms with E-state index in [9.17, 15) is 13.6 Å². The van der Waals surface area contributed by atoms with Gasteiger partial charge in [-0.15, -0.1) is 0 Å². The van der Waals surface area contributed by atoms with E-state index in [1.165, 1.54) is 30.1 Å². The number of halogens is 2. The van der Waals surface area contributed by atoms with E-state index in [2.05, 4.69) is 47.4 Å². The van der Waals surface area contributed by atoms with Gasteiger partial charge in [0.1, 0.15) is 17.0 Å². The summed E-state index contributed by atoms with van der Waals surface area (Å²) in [6, 6.07) is 14.6. The van der Waals surface area contributed by atoms with Crippen LogP contribution in [0.2, 0.25) is 0 Å². The Balaban J connectivity index is 1.37. The third-order valence-electron chi connectivity index (χ3n) is 6.85. The maximum absolute atomic E-state index is 13.1. The second kappa shape index (κ2) is 12.8. The van der Waals surface area contributed by atoms with E-state index in [0.717, 1.165) is 13.1 Å². The molecule has 12 heteroatoms. The van der Waals surface area contributed by atoms with Crippen LogP contribution in [-0.4, -0.2) is 76.0 Å². The summed E-state index contributed by atoms with van der Waals surface area (Å²) in [6.07, 6.45) is 2.80. The maximum atomic E-state index is 13.1. The van der Waals surface area contributed by atoms with Gasteiger partial charge < -0.3 is 25.1 Å². The fraction of sp³-hybridized carbons (Fsp3) is 0.355. The van der Waals surface area contributed by atoms with Gasteiger partial charge in [-0.2, -0.15) is 8.78 Å². The van der Waals surface area contributed by atoms with Crippen molar-refractivity contribution < 1.29 is 23.0 Å². The molecule has 1 aliphatic rings. The van der Waals surface area contributed by atoms with Crippen LogP contribution in [0.15, 0.2) is 60.9 Å². The number of nitrogens with one attached hydrogen (secondary N) is 4. The molecule has 3 heterocycles. The highest BCUT2D eigenvalue weighted by Gasteiger charge is 2.24. The Kier molecular flexibility index (Phi) is 8.97. The molecule has 1 amide bonds. The van der Waals surface area contributed by atoms with Gasteiger partial charge in [-0.25, -0.2) is 9.97 Å². The van der Waals surface area contributed by atoms with Crippen LogP contribution in [0.3, 0.4) is 0 Å². The van der Waals surface area contributed by atoms with Crippen LogP contribution in [-0.2, 0) is 11.3 Å². The molecule has 1 saturated heterocycles. The van der Waals surface area contributed by atoms with Crippen molar-refractivity contribution in [3.63, 3.8) is 0 Å². The zero-order chi connectivity index (χ0) is 30.6. The molecule has 5 rings (SSSR count). The fourth-order valence-corrected chi connectivity index (χ4v) is 4.90. The van der Waals surface area contributed by atoms with E-state index in [1.807, 2.05) is 39.0 Å². The lowest BCUT2D eigenvalue weighted by Crippen LogP contribution is -2.44. The lowest BCUT2D eigenvalue weighted by atomic mass is 10.0. The molecule has 2 aromatic heterocycles. The lowest BCUT2D eigenvalue weighted by molar-refractivity contribution is -0.0498. The first kappa shape index (κ1) is 30.1. The van der Waals surface area contributed by atoms with Gasteiger partial charge in [0.25, 0.3) is 5.91 Å². The number of H-pyrrole nitrogens is 1. The van der Waals surface area contributed by atoms with Crippen LogP contribution < -0.4 is 15.4 Å².